The first-order valence-electron chi connectivity index (χ1n) is 6.25. The minimum Gasteiger partial charge on any atom is -0.352 e. The normalized spacial score (nSPS) is 10.4. The number of carbonyl (C=O) groups is 1. The molecule has 7 nitrogen and oxygen atoms in total. The maximum atomic E-state index is 11.4. The zero-order valence-electron chi connectivity index (χ0n) is 11.1. The fourth-order valence-corrected chi connectivity index (χ4v) is 2.03. The molecular formula is C11H20N6OS. The van der Waals surface area contributed by atoms with Gasteiger partial charge in [-0.05, 0) is 23.4 Å². The third-order valence-electron chi connectivity index (χ3n) is 2.20. The topological polar surface area (TPSA) is 84.7 Å². The van der Waals surface area contributed by atoms with Crippen LogP contribution in [0.2, 0.25) is 0 Å². The van der Waals surface area contributed by atoms with Crippen molar-refractivity contribution in [3.63, 3.8) is 0 Å². The monoisotopic (exact) mass is 284 g/mol. The summed E-state index contributed by atoms with van der Waals surface area (Å²) < 4.78 is 1.70. The lowest BCUT2D eigenvalue weighted by molar-refractivity contribution is -0.118. The van der Waals surface area contributed by atoms with Crippen LogP contribution in [0.3, 0.4) is 0 Å². The SMILES string of the molecule is C=CCNC(=O)CSc1nnnn1CCNCCC. The molecule has 0 aliphatic rings. The standard InChI is InChI=1S/C11H20N6OS/c1-3-5-12-7-8-17-11(14-15-16-17)19-9-10(18)13-6-4-2/h4,12H,2-3,5-9H2,1H3,(H,13,18). The summed E-state index contributed by atoms with van der Waals surface area (Å²) in [6.07, 6.45) is 2.74. The van der Waals surface area contributed by atoms with E-state index >= 15 is 0 Å². The second kappa shape index (κ2) is 9.51. The van der Waals surface area contributed by atoms with E-state index in [0.717, 1.165) is 19.5 Å². The molecule has 0 radical (unpaired) electrons. The first-order chi connectivity index (χ1) is 9.27. The van der Waals surface area contributed by atoms with Crippen molar-refractivity contribution in [2.75, 3.05) is 25.4 Å². The molecule has 0 fully saturated rings. The van der Waals surface area contributed by atoms with Crippen LogP contribution in [0.25, 0.3) is 0 Å². The molecule has 0 unspecified atom stereocenters. The van der Waals surface area contributed by atoms with E-state index in [0.29, 0.717) is 24.0 Å². The number of aromatic nitrogens is 4. The van der Waals surface area contributed by atoms with E-state index in [1.165, 1.54) is 11.8 Å². The highest BCUT2D eigenvalue weighted by molar-refractivity contribution is 7.99. The van der Waals surface area contributed by atoms with Gasteiger partial charge in [0.05, 0.1) is 12.3 Å². The minimum absolute atomic E-state index is 0.0523. The van der Waals surface area contributed by atoms with E-state index in [1.54, 1.807) is 10.8 Å². The molecule has 0 spiro atoms. The van der Waals surface area contributed by atoms with E-state index < -0.39 is 0 Å². The minimum atomic E-state index is -0.0523. The molecular weight excluding hydrogens is 264 g/mol. The summed E-state index contributed by atoms with van der Waals surface area (Å²) in [6, 6.07) is 0. The van der Waals surface area contributed by atoms with Gasteiger partial charge in [0.15, 0.2) is 0 Å². The number of hydrogen-bond donors (Lipinski definition) is 2. The van der Waals surface area contributed by atoms with E-state index in [9.17, 15) is 4.79 Å². The number of rotatable bonds is 10. The van der Waals surface area contributed by atoms with Gasteiger partial charge in [-0.25, -0.2) is 4.68 Å². The molecule has 106 valence electrons. The number of nitrogens with zero attached hydrogens (tertiary/aromatic N) is 4. The number of nitrogens with one attached hydrogen (secondary N) is 2. The van der Waals surface area contributed by atoms with Crippen molar-refractivity contribution >= 4 is 17.7 Å². The van der Waals surface area contributed by atoms with Crippen LogP contribution in [-0.2, 0) is 11.3 Å². The van der Waals surface area contributed by atoms with Crippen molar-refractivity contribution < 1.29 is 4.79 Å². The van der Waals surface area contributed by atoms with Crippen LogP contribution in [0, 0.1) is 0 Å². The summed E-state index contributed by atoms with van der Waals surface area (Å²) in [4.78, 5) is 11.4. The van der Waals surface area contributed by atoms with Crippen molar-refractivity contribution in [3.05, 3.63) is 12.7 Å². The van der Waals surface area contributed by atoms with Crippen molar-refractivity contribution in [1.82, 2.24) is 30.8 Å². The highest BCUT2D eigenvalue weighted by Crippen LogP contribution is 2.12. The molecule has 8 heteroatoms. The predicted octanol–water partition coefficient (Wildman–Crippen LogP) is 0.0670. The molecule has 0 bridgehead atoms. The largest absolute Gasteiger partial charge is 0.352 e. The summed E-state index contributed by atoms with van der Waals surface area (Å²) in [5, 5.41) is 18.1. The van der Waals surface area contributed by atoms with E-state index in [2.05, 4.69) is 39.7 Å². The average Bonchev–Trinajstić information content (AvgIpc) is 2.86. The van der Waals surface area contributed by atoms with Crippen LogP contribution < -0.4 is 10.6 Å². The number of thioether (sulfide) groups is 1. The maximum absolute atomic E-state index is 11.4. The van der Waals surface area contributed by atoms with Gasteiger partial charge in [-0.3, -0.25) is 4.79 Å². The lowest BCUT2D eigenvalue weighted by Crippen LogP contribution is -2.25. The van der Waals surface area contributed by atoms with Gasteiger partial charge in [0, 0.05) is 13.1 Å². The Kier molecular flexibility index (Phi) is 7.83. The first-order valence-corrected chi connectivity index (χ1v) is 7.23. The number of hydrogen-bond acceptors (Lipinski definition) is 6. The molecule has 1 aromatic rings. The molecule has 1 heterocycles. The van der Waals surface area contributed by atoms with Gasteiger partial charge >= 0.3 is 0 Å². The van der Waals surface area contributed by atoms with Crippen LogP contribution in [-0.4, -0.2) is 51.5 Å². The quantitative estimate of drug-likeness (QED) is 0.359. The Morgan fingerprint density at radius 3 is 3.11 bits per heavy atom. The fourth-order valence-electron chi connectivity index (χ4n) is 1.29. The molecule has 0 aliphatic carbocycles. The molecule has 0 saturated heterocycles. The average molecular weight is 284 g/mol. The maximum Gasteiger partial charge on any atom is 0.230 e. The third kappa shape index (κ3) is 6.35. The third-order valence-corrected chi connectivity index (χ3v) is 3.16. The molecule has 0 aromatic carbocycles. The van der Waals surface area contributed by atoms with Crippen molar-refractivity contribution in [3.8, 4) is 0 Å². The zero-order chi connectivity index (χ0) is 13.9. The second-order valence-electron chi connectivity index (χ2n) is 3.82. The molecule has 0 atom stereocenters. The van der Waals surface area contributed by atoms with E-state index in [4.69, 9.17) is 0 Å². The summed E-state index contributed by atoms with van der Waals surface area (Å²) in [5.74, 6) is 0.250. The van der Waals surface area contributed by atoms with Gasteiger partial charge in [0.25, 0.3) is 0 Å². The molecule has 19 heavy (non-hydrogen) atoms. The van der Waals surface area contributed by atoms with Crippen molar-refractivity contribution in [2.45, 2.75) is 25.0 Å². The van der Waals surface area contributed by atoms with Crippen molar-refractivity contribution in [1.29, 1.82) is 0 Å². The highest BCUT2D eigenvalue weighted by atomic mass is 32.2. The van der Waals surface area contributed by atoms with E-state index in [1.807, 2.05) is 0 Å². The molecule has 0 saturated carbocycles. The number of amides is 1. The highest BCUT2D eigenvalue weighted by Gasteiger charge is 2.09. The lowest BCUT2D eigenvalue weighted by atomic mass is 10.5. The van der Waals surface area contributed by atoms with Gasteiger partial charge < -0.3 is 10.6 Å². The Balaban J connectivity index is 2.31. The Hall–Kier alpha value is -1.41. The van der Waals surface area contributed by atoms with Gasteiger partial charge in [-0.15, -0.1) is 11.7 Å². The van der Waals surface area contributed by atoms with Gasteiger partial charge in [0.1, 0.15) is 0 Å². The van der Waals surface area contributed by atoms with Crippen LogP contribution in [0.15, 0.2) is 17.8 Å². The number of carbonyl (C=O) groups excluding carboxylic acids is 1. The van der Waals surface area contributed by atoms with Gasteiger partial charge in [0.2, 0.25) is 11.1 Å². The summed E-state index contributed by atoms with van der Waals surface area (Å²) in [6.45, 7) is 8.63. The Labute approximate surface area is 117 Å². The number of tetrazole rings is 1. The van der Waals surface area contributed by atoms with Gasteiger partial charge in [-0.1, -0.05) is 24.8 Å². The molecule has 2 N–H and O–H groups in total. The van der Waals surface area contributed by atoms with Gasteiger partial charge in [-0.2, -0.15) is 0 Å². The Morgan fingerprint density at radius 1 is 1.53 bits per heavy atom. The second-order valence-corrected chi connectivity index (χ2v) is 4.76. The van der Waals surface area contributed by atoms with Crippen LogP contribution in [0.4, 0.5) is 0 Å². The zero-order valence-corrected chi connectivity index (χ0v) is 11.9. The van der Waals surface area contributed by atoms with Crippen LogP contribution in [0.5, 0.6) is 0 Å². The first kappa shape index (κ1) is 15.6. The Bertz CT molecular complexity index is 394. The van der Waals surface area contributed by atoms with E-state index in [-0.39, 0.29) is 5.91 Å². The predicted molar refractivity (Wildman–Crippen MR) is 74.9 cm³/mol. The summed E-state index contributed by atoms with van der Waals surface area (Å²) in [7, 11) is 0. The molecule has 1 aromatic heterocycles. The smallest absolute Gasteiger partial charge is 0.230 e. The summed E-state index contributed by atoms with van der Waals surface area (Å²) in [5.41, 5.74) is 0. The molecule has 0 aliphatic heterocycles. The molecule has 1 rings (SSSR count). The van der Waals surface area contributed by atoms with Crippen molar-refractivity contribution in [2.24, 2.45) is 0 Å². The van der Waals surface area contributed by atoms with Crippen LogP contribution in [0.1, 0.15) is 13.3 Å². The molecule has 1 amide bonds. The lowest BCUT2D eigenvalue weighted by Gasteiger charge is -2.05. The fraction of sp³-hybridized carbons (Fsp3) is 0.636. The Morgan fingerprint density at radius 2 is 2.37 bits per heavy atom. The summed E-state index contributed by atoms with van der Waals surface area (Å²) >= 11 is 1.33. The van der Waals surface area contributed by atoms with Crippen LogP contribution >= 0.6 is 11.8 Å².